The van der Waals surface area contributed by atoms with Crippen molar-refractivity contribution in [3.05, 3.63) is 36.1 Å². The van der Waals surface area contributed by atoms with Crippen molar-refractivity contribution in [3.63, 3.8) is 0 Å². The fraction of sp³-hybridized carbons (Fsp3) is 0.357. The van der Waals surface area contributed by atoms with Crippen LogP contribution in [0.1, 0.15) is 25.1 Å². The van der Waals surface area contributed by atoms with Crippen LogP contribution in [0.3, 0.4) is 0 Å². The highest BCUT2D eigenvalue weighted by Crippen LogP contribution is 2.24. The number of para-hydroxylation sites is 1. The summed E-state index contributed by atoms with van der Waals surface area (Å²) in [6.45, 7) is 2.49. The summed E-state index contributed by atoms with van der Waals surface area (Å²) in [5, 5.41) is 4.32. The topological polar surface area (TPSA) is 51.5 Å². The van der Waals surface area contributed by atoms with Gasteiger partial charge in [0, 0.05) is 11.8 Å². The summed E-state index contributed by atoms with van der Waals surface area (Å²) in [7, 11) is 0. The van der Waals surface area contributed by atoms with E-state index in [-0.39, 0.29) is 18.1 Å². The molecule has 18 heavy (non-hydrogen) atoms. The van der Waals surface area contributed by atoms with Crippen molar-refractivity contribution in [1.82, 2.24) is 5.32 Å². The van der Waals surface area contributed by atoms with E-state index in [4.69, 9.17) is 9.15 Å². The second-order valence-corrected chi connectivity index (χ2v) is 4.58. The smallest absolute Gasteiger partial charge is 0.323 e. The Morgan fingerprint density at radius 3 is 2.94 bits per heavy atom. The first-order chi connectivity index (χ1) is 8.74. The number of nitrogens with one attached hydrogen (secondary N) is 1. The number of esters is 1. The number of benzene rings is 1. The Bertz CT molecular complexity index is 542. The van der Waals surface area contributed by atoms with Crippen molar-refractivity contribution in [2.75, 3.05) is 6.61 Å². The molecule has 1 aliphatic rings. The molecule has 2 heterocycles. The second kappa shape index (κ2) is 4.46. The van der Waals surface area contributed by atoms with Crippen LogP contribution in [-0.2, 0) is 9.53 Å². The highest BCUT2D eigenvalue weighted by molar-refractivity contribution is 5.78. The highest BCUT2D eigenvalue weighted by atomic mass is 16.5. The molecule has 94 valence electrons. The molecule has 1 aromatic heterocycles. The lowest BCUT2D eigenvalue weighted by Crippen LogP contribution is -2.34. The number of cyclic esters (lactones) is 1. The van der Waals surface area contributed by atoms with Gasteiger partial charge in [0.05, 0.1) is 12.6 Å². The molecule has 4 heteroatoms. The molecule has 0 aliphatic carbocycles. The van der Waals surface area contributed by atoms with Crippen molar-refractivity contribution in [1.29, 1.82) is 0 Å². The van der Waals surface area contributed by atoms with Gasteiger partial charge in [-0.1, -0.05) is 18.2 Å². The molecule has 4 nitrogen and oxygen atoms in total. The third kappa shape index (κ3) is 1.99. The van der Waals surface area contributed by atoms with E-state index < -0.39 is 0 Å². The van der Waals surface area contributed by atoms with Crippen molar-refractivity contribution in [2.24, 2.45) is 0 Å². The summed E-state index contributed by atoms with van der Waals surface area (Å²) < 4.78 is 10.7. The lowest BCUT2D eigenvalue weighted by Gasteiger charge is -2.14. The number of hydrogen-bond acceptors (Lipinski definition) is 4. The van der Waals surface area contributed by atoms with E-state index in [2.05, 4.69) is 5.32 Å². The number of ether oxygens (including phenoxy) is 1. The fourth-order valence-electron chi connectivity index (χ4n) is 2.25. The SMILES string of the molecule is CC(NC1CCOC1=O)c1cc2ccccc2o1. The third-order valence-corrected chi connectivity index (χ3v) is 3.26. The Kier molecular flexibility index (Phi) is 2.80. The number of carbonyl (C=O) groups excluding carboxylic acids is 1. The van der Waals surface area contributed by atoms with Crippen LogP contribution in [0, 0.1) is 0 Å². The maximum absolute atomic E-state index is 11.4. The lowest BCUT2D eigenvalue weighted by molar-refractivity contribution is -0.139. The maximum Gasteiger partial charge on any atom is 0.323 e. The van der Waals surface area contributed by atoms with Crippen LogP contribution in [0.25, 0.3) is 11.0 Å². The predicted molar refractivity (Wildman–Crippen MR) is 67.1 cm³/mol. The standard InChI is InChI=1S/C14H15NO3/c1-9(15-11-6-7-17-14(11)16)13-8-10-4-2-3-5-12(10)18-13/h2-5,8-9,11,15H,6-7H2,1H3. The summed E-state index contributed by atoms with van der Waals surface area (Å²) in [5.41, 5.74) is 0.871. The van der Waals surface area contributed by atoms with Gasteiger partial charge in [0.15, 0.2) is 0 Å². The summed E-state index contributed by atoms with van der Waals surface area (Å²) in [5.74, 6) is 0.675. The van der Waals surface area contributed by atoms with Gasteiger partial charge in [-0.2, -0.15) is 0 Å². The van der Waals surface area contributed by atoms with Crippen LogP contribution in [0.2, 0.25) is 0 Å². The highest BCUT2D eigenvalue weighted by Gasteiger charge is 2.28. The van der Waals surface area contributed by atoms with Crippen LogP contribution in [0.15, 0.2) is 34.7 Å². The van der Waals surface area contributed by atoms with Crippen molar-refractivity contribution >= 4 is 16.9 Å². The molecule has 1 aliphatic heterocycles. The summed E-state index contributed by atoms with van der Waals surface area (Å²) in [6, 6.07) is 9.67. The molecule has 2 unspecified atom stereocenters. The second-order valence-electron chi connectivity index (χ2n) is 4.58. The first-order valence-corrected chi connectivity index (χ1v) is 6.15. The molecular formula is C14H15NO3. The molecular weight excluding hydrogens is 230 g/mol. The molecule has 1 aromatic carbocycles. The van der Waals surface area contributed by atoms with Crippen molar-refractivity contribution in [3.8, 4) is 0 Å². The average molecular weight is 245 g/mol. The van der Waals surface area contributed by atoms with Gasteiger partial charge in [0.2, 0.25) is 0 Å². The molecule has 2 atom stereocenters. The van der Waals surface area contributed by atoms with Crippen LogP contribution in [-0.4, -0.2) is 18.6 Å². The molecule has 3 rings (SSSR count). The zero-order chi connectivity index (χ0) is 12.5. The minimum atomic E-state index is -0.215. The molecule has 1 saturated heterocycles. The Hall–Kier alpha value is -1.81. The molecule has 2 aromatic rings. The number of furan rings is 1. The van der Waals surface area contributed by atoms with Gasteiger partial charge < -0.3 is 9.15 Å². The van der Waals surface area contributed by atoms with Gasteiger partial charge in [-0.15, -0.1) is 0 Å². The predicted octanol–water partition coefficient (Wildman–Crippen LogP) is 2.40. The largest absolute Gasteiger partial charge is 0.464 e. The van der Waals surface area contributed by atoms with Crippen LogP contribution in [0.5, 0.6) is 0 Å². The number of hydrogen-bond donors (Lipinski definition) is 1. The van der Waals surface area contributed by atoms with Crippen LogP contribution in [0.4, 0.5) is 0 Å². The Morgan fingerprint density at radius 2 is 2.22 bits per heavy atom. The Morgan fingerprint density at radius 1 is 1.39 bits per heavy atom. The van der Waals surface area contributed by atoms with E-state index in [1.54, 1.807) is 0 Å². The Labute approximate surface area is 105 Å². The molecule has 0 spiro atoms. The van der Waals surface area contributed by atoms with E-state index in [0.29, 0.717) is 6.61 Å². The van der Waals surface area contributed by atoms with E-state index in [1.807, 2.05) is 37.3 Å². The quantitative estimate of drug-likeness (QED) is 0.844. The van der Waals surface area contributed by atoms with Gasteiger partial charge in [-0.3, -0.25) is 10.1 Å². The third-order valence-electron chi connectivity index (χ3n) is 3.26. The summed E-state index contributed by atoms with van der Waals surface area (Å²) in [6.07, 6.45) is 0.726. The number of fused-ring (bicyclic) bond motifs is 1. The molecule has 1 fully saturated rings. The number of carbonyl (C=O) groups is 1. The normalized spacial score (nSPS) is 21.2. The van der Waals surface area contributed by atoms with E-state index >= 15 is 0 Å². The summed E-state index contributed by atoms with van der Waals surface area (Å²) >= 11 is 0. The first kappa shape index (κ1) is 11.3. The molecule has 0 bridgehead atoms. The fourth-order valence-corrected chi connectivity index (χ4v) is 2.25. The van der Waals surface area contributed by atoms with Crippen LogP contribution < -0.4 is 5.32 Å². The van der Waals surface area contributed by atoms with Gasteiger partial charge in [0.25, 0.3) is 0 Å². The Balaban J connectivity index is 1.79. The van der Waals surface area contributed by atoms with Gasteiger partial charge >= 0.3 is 5.97 Å². The van der Waals surface area contributed by atoms with Gasteiger partial charge in [-0.05, 0) is 19.1 Å². The minimum Gasteiger partial charge on any atom is -0.464 e. The molecule has 0 saturated carbocycles. The van der Waals surface area contributed by atoms with Gasteiger partial charge in [0.1, 0.15) is 17.4 Å². The van der Waals surface area contributed by atoms with Crippen molar-refractivity contribution in [2.45, 2.75) is 25.4 Å². The minimum absolute atomic E-state index is 0.00644. The first-order valence-electron chi connectivity index (χ1n) is 6.15. The maximum atomic E-state index is 11.4. The lowest BCUT2D eigenvalue weighted by atomic mass is 10.1. The summed E-state index contributed by atoms with van der Waals surface area (Å²) in [4.78, 5) is 11.4. The molecule has 0 amide bonds. The monoisotopic (exact) mass is 245 g/mol. The van der Waals surface area contributed by atoms with Gasteiger partial charge in [-0.25, -0.2) is 0 Å². The molecule has 0 radical (unpaired) electrons. The average Bonchev–Trinajstić information content (AvgIpc) is 2.96. The van der Waals surface area contributed by atoms with Crippen LogP contribution >= 0.6 is 0 Å². The zero-order valence-corrected chi connectivity index (χ0v) is 10.2. The van der Waals surface area contributed by atoms with E-state index in [1.165, 1.54) is 0 Å². The van der Waals surface area contributed by atoms with E-state index in [9.17, 15) is 4.79 Å². The number of rotatable bonds is 3. The van der Waals surface area contributed by atoms with E-state index in [0.717, 1.165) is 23.2 Å². The molecule has 1 N–H and O–H groups in total. The zero-order valence-electron chi connectivity index (χ0n) is 10.2. The van der Waals surface area contributed by atoms with Crippen molar-refractivity contribution < 1.29 is 13.9 Å².